The SMILES string of the molecule is Cc1nc(NN)nc2c1CCCC2. The van der Waals surface area contributed by atoms with Crippen molar-refractivity contribution in [2.75, 3.05) is 5.43 Å². The second-order valence-electron chi connectivity index (χ2n) is 3.41. The molecule has 4 nitrogen and oxygen atoms in total. The summed E-state index contributed by atoms with van der Waals surface area (Å²) in [6.07, 6.45) is 4.67. The van der Waals surface area contributed by atoms with Crippen molar-refractivity contribution in [3.05, 3.63) is 17.0 Å². The van der Waals surface area contributed by atoms with Crippen LogP contribution in [0.4, 0.5) is 5.95 Å². The van der Waals surface area contributed by atoms with Crippen LogP contribution in [0.3, 0.4) is 0 Å². The van der Waals surface area contributed by atoms with Crippen molar-refractivity contribution in [1.82, 2.24) is 9.97 Å². The zero-order valence-corrected chi connectivity index (χ0v) is 7.80. The largest absolute Gasteiger partial charge is 0.292 e. The van der Waals surface area contributed by atoms with E-state index in [1.165, 1.54) is 24.1 Å². The fourth-order valence-corrected chi connectivity index (χ4v) is 1.85. The minimum absolute atomic E-state index is 0.540. The lowest BCUT2D eigenvalue weighted by Crippen LogP contribution is -2.16. The molecule has 1 aliphatic rings. The number of hydrogen-bond donors (Lipinski definition) is 2. The van der Waals surface area contributed by atoms with Crippen LogP contribution in [0.1, 0.15) is 29.8 Å². The van der Waals surface area contributed by atoms with Gasteiger partial charge in [0.1, 0.15) is 0 Å². The fourth-order valence-electron chi connectivity index (χ4n) is 1.85. The van der Waals surface area contributed by atoms with E-state index in [1.807, 2.05) is 6.92 Å². The topological polar surface area (TPSA) is 63.8 Å². The summed E-state index contributed by atoms with van der Waals surface area (Å²) in [6.45, 7) is 2.02. The first-order chi connectivity index (χ1) is 6.31. The van der Waals surface area contributed by atoms with Crippen LogP contribution in [0.5, 0.6) is 0 Å². The molecule has 13 heavy (non-hydrogen) atoms. The summed E-state index contributed by atoms with van der Waals surface area (Å²) >= 11 is 0. The Bertz CT molecular complexity index is 322. The van der Waals surface area contributed by atoms with Gasteiger partial charge in [-0.3, -0.25) is 5.43 Å². The molecule has 1 aliphatic carbocycles. The number of aromatic nitrogens is 2. The molecule has 0 spiro atoms. The van der Waals surface area contributed by atoms with Crippen LogP contribution in [0.15, 0.2) is 0 Å². The Morgan fingerprint density at radius 2 is 2.00 bits per heavy atom. The average molecular weight is 178 g/mol. The maximum Gasteiger partial charge on any atom is 0.237 e. The van der Waals surface area contributed by atoms with Crippen molar-refractivity contribution in [3.8, 4) is 0 Å². The summed E-state index contributed by atoms with van der Waals surface area (Å²) in [5.41, 5.74) is 6.06. The van der Waals surface area contributed by atoms with Gasteiger partial charge < -0.3 is 0 Å². The standard InChI is InChI=1S/C9H14N4/c1-6-7-4-2-3-5-8(7)12-9(11-6)13-10/h2-5,10H2,1H3,(H,11,12,13). The number of nitrogens with zero attached hydrogens (tertiary/aromatic N) is 2. The molecule has 0 bridgehead atoms. The van der Waals surface area contributed by atoms with Crippen LogP contribution >= 0.6 is 0 Å². The number of anilines is 1. The highest BCUT2D eigenvalue weighted by Gasteiger charge is 2.14. The molecule has 70 valence electrons. The molecule has 3 N–H and O–H groups in total. The summed E-state index contributed by atoms with van der Waals surface area (Å²) in [4.78, 5) is 8.60. The smallest absolute Gasteiger partial charge is 0.237 e. The highest BCUT2D eigenvalue weighted by Crippen LogP contribution is 2.22. The van der Waals surface area contributed by atoms with Crippen LogP contribution in [0.25, 0.3) is 0 Å². The van der Waals surface area contributed by atoms with E-state index in [9.17, 15) is 0 Å². The number of fused-ring (bicyclic) bond motifs is 1. The van der Waals surface area contributed by atoms with Crippen molar-refractivity contribution >= 4 is 5.95 Å². The highest BCUT2D eigenvalue weighted by molar-refractivity contribution is 5.34. The van der Waals surface area contributed by atoms with Crippen LogP contribution in [-0.2, 0) is 12.8 Å². The average Bonchev–Trinajstić information content (AvgIpc) is 2.18. The number of hydrogen-bond acceptors (Lipinski definition) is 4. The molecular weight excluding hydrogens is 164 g/mol. The van der Waals surface area contributed by atoms with Crippen molar-refractivity contribution in [2.45, 2.75) is 32.6 Å². The zero-order valence-electron chi connectivity index (χ0n) is 7.80. The zero-order chi connectivity index (χ0) is 9.26. The summed E-state index contributed by atoms with van der Waals surface area (Å²) < 4.78 is 0. The van der Waals surface area contributed by atoms with E-state index in [0.717, 1.165) is 18.5 Å². The van der Waals surface area contributed by atoms with Crippen LogP contribution in [0.2, 0.25) is 0 Å². The Morgan fingerprint density at radius 1 is 1.23 bits per heavy atom. The third-order valence-electron chi connectivity index (χ3n) is 2.52. The van der Waals surface area contributed by atoms with Crippen LogP contribution in [-0.4, -0.2) is 9.97 Å². The van der Waals surface area contributed by atoms with Gasteiger partial charge in [0, 0.05) is 11.4 Å². The number of nitrogens with two attached hydrogens (primary N) is 1. The number of aryl methyl sites for hydroxylation is 2. The number of rotatable bonds is 1. The van der Waals surface area contributed by atoms with Gasteiger partial charge in [0.25, 0.3) is 0 Å². The normalized spacial score (nSPS) is 15.2. The molecule has 0 amide bonds. The van der Waals surface area contributed by atoms with Gasteiger partial charge in [-0.1, -0.05) is 0 Å². The van der Waals surface area contributed by atoms with E-state index in [-0.39, 0.29) is 0 Å². The molecule has 0 saturated heterocycles. The molecule has 0 radical (unpaired) electrons. The second-order valence-corrected chi connectivity index (χ2v) is 3.41. The lowest BCUT2D eigenvalue weighted by Gasteiger charge is -2.16. The Hall–Kier alpha value is -1.16. The van der Waals surface area contributed by atoms with Gasteiger partial charge in [-0.15, -0.1) is 0 Å². The van der Waals surface area contributed by atoms with Gasteiger partial charge in [0.2, 0.25) is 5.95 Å². The quantitative estimate of drug-likeness (QED) is 0.496. The Kier molecular flexibility index (Phi) is 2.14. The molecule has 1 aromatic rings. The third kappa shape index (κ3) is 1.49. The van der Waals surface area contributed by atoms with Crippen LogP contribution in [0, 0.1) is 6.92 Å². The Labute approximate surface area is 77.5 Å². The highest BCUT2D eigenvalue weighted by atomic mass is 15.3. The lowest BCUT2D eigenvalue weighted by molar-refractivity contribution is 0.657. The van der Waals surface area contributed by atoms with Gasteiger partial charge in [0.05, 0.1) is 0 Å². The van der Waals surface area contributed by atoms with E-state index in [4.69, 9.17) is 5.84 Å². The Balaban J connectivity index is 2.47. The number of nitrogen functional groups attached to an aromatic ring is 1. The first-order valence-corrected chi connectivity index (χ1v) is 4.64. The van der Waals surface area contributed by atoms with Gasteiger partial charge in [-0.05, 0) is 38.2 Å². The number of hydrazine groups is 1. The maximum absolute atomic E-state index is 5.28. The van der Waals surface area contributed by atoms with Crippen molar-refractivity contribution in [1.29, 1.82) is 0 Å². The summed E-state index contributed by atoms with van der Waals surface area (Å²) in [6, 6.07) is 0. The lowest BCUT2D eigenvalue weighted by atomic mass is 9.95. The fraction of sp³-hybridized carbons (Fsp3) is 0.556. The first-order valence-electron chi connectivity index (χ1n) is 4.64. The van der Waals surface area contributed by atoms with Crippen LogP contribution < -0.4 is 11.3 Å². The molecule has 0 unspecified atom stereocenters. The second kappa shape index (κ2) is 3.30. The molecule has 4 heteroatoms. The van der Waals surface area contributed by atoms with E-state index >= 15 is 0 Å². The predicted octanol–water partition coefficient (Wildman–Crippen LogP) is 0.949. The molecule has 2 rings (SSSR count). The first kappa shape index (κ1) is 8.44. The van der Waals surface area contributed by atoms with Gasteiger partial charge in [-0.25, -0.2) is 15.8 Å². The molecular formula is C9H14N4. The molecule has 0 aliphatic heterocycles. The van der Waals surface area contributed by atoms with Gasteiger partial charge in [-0.2, -0.15) is 0 Å². The van der Waals surface area contributed by atoms with E-state index in [1.54, 1.807) is 0 Å². The van der Waals surface area contributed by atoms with E-state index in [0.29, 0.717) is 5.95 Å². The van der Waals surface area contributed by atoms with E-state index in [2.05, 4.69) is 15.4 Å². The van der Waals surface area contributed by atoms with Crippen molar-refractivity contribution < 1.29 is 0 Å². The minimum Gasteiger partial charge on any atom is -0.292 e. The monoisotopic (exact) mass is 178 g/mol. The predicted molar refractivity (Wildman–Crippen MR) is 51.2 cm³/mol. The molecule has 1 aromatic heterocycles. The minimum atomic E-state index is 0.540. The van der Waals surface area contributed by atoms with E-state index < -0.39 is 0 Å². The third-order valence-corrected chi connectivity index (χ3v) is 2.52. The summed E-state index contributed by atoms with van der Waals surface area (Å²) in [5, 5.41) is 0. The molecule has 0 aromatic carbocycles. The summed E-state index contributed by atoms with van der Waals surface area (Å²) in [5.74, 6) is 5.82. The number of nitrogens with one attached hydrogen (secondary N) is 1. The molecule has 0 atom stereocenters. The molecule has 0 saturated carbocycles. The van der Waals surface area contributed by atoms with Gasteiger partial charge in [0.15, 0.2) is 0 Å². The Morgan fingerprint density at radius 3 is 2.77 bits per heavy atom. The molecule has 1 heterocycles. The molecule has 0 fully saturated rings. The van der Waals surface area contributed by atoms with Crippen molar-refractivity contribution in [2.24, 2.45) is 5.84 Å². The maximum atomic E-state index is 5.28. The van der Waals surface area contributed by atoms with Crippen molar-refractivity contribution in [3.63, 3.8) is 0 Å². The summed E-state index contributed by atoms with van der Waals surface area (Å²) in [7, 11) is 0. The van der Waals surface area contributed by atoms with Gasteiger partial charge >= 0.3 is 0 Å².